The molecule has 0 spiro atoms. The van der Waals surface area contributed by atoms with Crippen molar-refractivity contribution in [3.05, 3.63) is 100 Å². The number of benzene rings is 3. The molecule has 0 aromatic heterocycles. The Kier molecular flexibility index (Phi) is 9.84. The zero-order chi connectivity index (χ0) is 26.9. The van der Waals surface area contributed by atoms with Gasteiger partial charge in [0.1, 0.15) is 17.6 Å². The smallest absolute Gasteiger partial charge is 0.261 e. The number of nitrogens with one attached hydrogen (secondary N) is 1. The number of nitrogens with zero attached hydrogens (tertiary/aromatic N) is 1. The van der Waals surface area contributed by atoms with Gasteiger partial charge in [0.2, 0.25) is 5.91 Å². The van der Waals surface area contributed by atoms with Gasteiger partial charge in [0.05, 0.1) is 0 Å². The normalized spacial score (nSPS) is 12.5. The van der Waals surface area contributed by atoms with Gasteiger partial charge in [0.15, 0.2) is 6.61 Å². The van der Waals surface area contributed by atoms with Crippen molar-refractivity contribution in [3.63, 3.8) is 0 Å². The van der Waals surface area contributed by atoms with Gasteiger partial charge in [-0.1, -0.05) is 55.5 Å². The first-order valence-corrected chi connectivity index (χ1v) is 12.8. The summed E-state index contributed by atoms with van der Waals surface area (Å²) in [6.07, 6.45) is 1.11. The van der Waals surface area contributed by atoms with Gasteiger partial charge in [0.25, 0.3) is 5.91 Å². The van der Waals surface area contributed by atoms with Gasteiger partial charge in [-0.25, -0.2) is 4.39 Å². The molecule has 2 atom stereocenters. The Morgan fingerprint density at radius 1 is 0.973 bits per heavy atom. The minimum Gasteiger partial charge on any atom is -0.483 e. The Bertz CT molecular complexity index is 1200. The molecule has 0 saturated heterocycles. The van der Waals surface area contributed by atoms with Gasteiger partial charge >= 0.3 is 0 Å². The fourth-order valence-electron chi connectivity index (χ4n) is 4.15. The average Bonchev–Trinajstić information content (AvgIpc) is 2.88. The van der Waals surface area contributed by atoms with Crippen LogP contribution in [0.2, 0.25) is 0 Å². The van der Waals surface area contributed by atoms with Gasteiger partial charge < -0.3 is 15.0 Å². The number of carbonyl (C=O) groups is 2. The van der Waals surface area contributed by atoms with E-state index in [-0.39, 0.29) is 36.8 Å². The fourth-order valence-corrected chi connectivity index (χ4v) is 4.15. The van der Waals surface area contributed by atoms with E-state index in [9.17, 15) is 14.0 Å². The summed E-state index contributed by atoms with van der Waals surface area (Å²) < 4.78 is 19.6. The van der Waals surface area contributed by atoms with Crippen LogP contribution in [0.15, 0.2) is 66.7 Å². The van der Waals surface area contributed by atoms with Crippen molar-refractivity contribution in [1.82, 2.24) is 10.2 Å². The summed E-state index contributed by atoms with van der Waals surface area (Å²) in [5, 5.41) is 3.04. The predicted molar refractivity (Wildman–Crippen MR) is 145 cm³/mol. The number of rotatable bonds is 11. The average molecular weight is 505 g/mol. The van der Waals surface area contributed by atoms with E-state index in [2.05, 4.69) is 11.4 Å². The predicted octanol–water partition coefficient (Wildman–Crippen LogP) is 5.68. The molecule has 2 amide bonds. The van der Waals surface area contributed by atoms with Crippen LogP contribution in [0.5, 0.6) is 5.75 Å². The topological polar surface area (TPSA) is 58.6 Å². The number of halogens is 1. The molecule has 3 rings (SSSR count). The van der Waals surface area contributed by atoms with E-state index >= 15 is 0 Å². The SMILES string of the molecule is CC[C@H](C)NC(=O)[C@@H](Cc1ccccc1)N(Cc1ccc(F)cc1)C(=O)COc1cc(C)cc(C)c1C. The molecule has 0 fully saturated rings. The van der Waals surface area contributed by atoms with Crippen LogP contribution >= 0.6 is 0 Å². The van der Waals surface area contributed by atoms with Gasteiger partial charge in [-0.05, 0) is 80.1 Å². The quantitative estimate of drug-likeness (QED) is 0.365. The molecule has 0 radical (unpaired) electrons. The third-order valence-electron chi connectivity index (χ3n) is 6.65. The summed E-state index contributed by atoms with van der Waals surface area (Å²) in [7, 11) is 0. The summed E-state index contributed by atoms with van der Waals surface area (Å²) in [4.78, 5) is 28.8. The lowest BCUT2D eigenvalue weighted by molar-refractivity contribution is -0.143. The van der Waals surface area contributed by atoms with Crippen molar-refractivity contribution in [2.75, 3.05) is 6.61 Å². The van der Waals surface area contributed by atoms with Crippen LogP contribution in [0.1, 0.15) is 48.1 Å². The fraction of sp³-hybridized carbons (Fsp3) is 0.355. The van der Waals surface area contributed by atoms with Crippen molar-refractivity contribution in [1.29, 1.82) is 0 Å². The Morgan fingerprint density at radius 2 is 1.65 bits per heavy atom. The van der Waals surface area contributed by atoms with Crippen molar-refractivity contribution in [2.24, 2.45) is 0 Å². The van der Waals surface area contributed by atoms with E-state index in [1.165, 1.54) is 12.1 Å². The number of aryl methyl sites for hydroxylation is 2. The van der Waals surface area contributed by atoms with Gasteiger partial charge in [-0.15, -0.1) is 0 Å². The highest BCUT2D eigenvalue weighted by atomic mass is 19.1. The Morgan fingerprint density at radius 3 is 2.30 bits per heavy atom. The maximum atomic E-state index is 13.7. The molecule has 0 unspecified atom stereocenters. The second kappa shape index (κ2) is 13.0. The molecule has 3 aromatic rings. The van der Waals surface area contributed by atoms with Gasteiger partial charge in [-0.3, -0.25) is 9.59 Å². The lowest BCUT2D eigenvalue weighted by Crippen LogP contribution is -2.53. The molecular weight excluding hydrogens is 467 g/mol. The monoisotopic (exact) mass is 504 g/mol. The molecule has 0 aliphatic rings. The molecule has 37 heavy (non-hydrogen) atoms. The van der Waals surface area contributed by atoms with Crippen molar-refractivity contribution >= 4 is 11.8 Å². The summed E-state index contributed by atoms with van der Waals surface area (Å²) in [6.45, 7) is 9.83. The van der Waals surface area contributed by atoms with Crippen molar-refractivity contribution < 1.29 is 18.7 Å². The largest absolute Gasteiger partial charge is 0.483 e. The first-order chi connectivity index (χ1) is 17.7. The zero-order valence-corrected chi connectivity index (χ0v) is 22.4. The highest BCUT2D eigenvalue weighted by Gasteiger charge is 2.31. The molecule has 5 nitrogen and oxygen atoms in total. The van der Waals surface area contributed by atoms with E-state index < -0.39 is 6.04 Å². The first kappa shape index (κ1) is 27.9. The van der Waals surface area contributed by atoms with E-state index in [0.717, 1.165) is 34.2 Å². The minimum absolute atomic E-state index is 0.0392. The second-order valence-electron chi connectivity index (χ2n) is 9.67. The zero-order valence-electron chi connectivity index (χ0n) is 22.4. The van der Waals surface area contributed by atoms with Crippen LogP contribution in [0.3, 0.4) is 0 Å². The van der Waals surface area contributed by atoms with Crippen LogP contribution < -0.4 is 10.1 Å². The Labute approximate surface area is 219 Å². The summed E-state index contributed by atoms with van der Waals surface area (Å²) >= 11 is 0. The Balaban J connectivity index is 1.94. The van der Waals surface area contributed by atoms with Gasteiger partial charge in [0, 0.05) is 19.0 Å². The molecule has 0 saturated carbocycles. The van der Waals surface area contributed by atoms with E-state index in [0.29, 0.717) is 12.2 Å². The Hall–Kier alpha value is -3.67. The molecule has 0 heterocycles. The van der Waals surface area contributed by atoms with E-state index in [1.54, 1.807) is 17.0 Å². The number of hydrogen-bond acceptors (Lipinski definition) is 3. The van der Waals surface area contributed by atoms with Crippen LogP contribution in [0, 0.1) is 26.6 Å². The maximum Gasteiger partial charge on any atom is 0.261 e. The maximum absolute atomic E-state index is 13.7. The second-order valence-corrected chi connectivity index (χ2v) is 9.67. The third kappa shape index (κ3) is 7.91. The van der Waals surface area contributed by atoms with E-state index in [1.807, 2.05) is 71.0 Å². The lowest BCUT2D eigenvalue weighted by Gasteiger charge is -2.32. The van der Waals surface area contributed by atoms with Crippen LogP contribution in [0.4, 0.5) is 4.39 Å². The molecule has 6 heteroatoms. The molecule has 1 N–H and O–H groups in total. The molecular formula is C31H37FN2O3. The highest BCUT2D eigenvalue weighted by molar-refractivity contribution is 5.88. The molecule has 0 bridgehead atoms. The van der Waals surface area contributed by atoms with Crippen LogP contribution in [-0.2, 0) is 22.6 Å². The first-order valence-electron chi connectivity index (χ1n) is 12.8. The van der Waals surface area contributed by atoms with E-state index in [4.69, 9.17) is 4.74 Å². The molecule has 0 aliphatic heterocycles. The number of hydrogen-bond donors (Lipinski definition) is 1. The lowest BCUT2D eigenvalue weighted by atomic mass is 10.0. The van der Waals surface area contributed by atoms with Crippen LogP contribution in [-0.4, -0.2) is 35.4 Å². The van der Waals surface area contributed by atoms with Crippen molar-refractivity contribution in [3.8, 4) is 5.75 Å². The number of ether oxygens (including phenoxy) is 1. The highest BCUT2D eigenvalue weighted by Crippen LogP contribution is 2.24. The minimum atomic E-state index is -0.766. The molecule has 196 valence electrons. The summed E-state index contributed by atoms with van der Waals surface area (Å²) in [5.41, 5.74) is 4.77. The third-order valence-corrected chi connectivity index (χ3v) is 6.65. The standard InChI is InChI=1S/C31H37FN2O3/c1-6-23(4)33-31(36)28(18-25-10-8-7-9-11-25)34(19-26-12-14-27(32)15-13-26)30(35)20-37-29-17-21(2)16-22(3)24(29)5/h7-17,23,28H,6,18-20H2,1-5H3,(H,33,36)/t23-,28+/m0/s1. The number of carbonyl (C=O) groups excluding carboxylic acids is 2. The molecule has 0 aliphatic carbocycles. The van der Waals surface area contributed by atoms with Gasteiger partial charge in [-0.2, -0.15) is 0 Å². The van der Waals surface area contributed by atoms with Crippen molar-refractivity contribution in [2.45, 2.75) is 66.1 Å². The molecule has 3 aromatic carbocycles. The van der Waals surface area contributed by atoms with Crippen LogP contribution in [0.25, 0.3) is 0 Å². The summed E-state index contributed by atoms with van der Waals surface area (Å²) in [5.74, 6) is -0.249. The summed E-state index contributed by atoms with van der Waals surface area (Å²) in [6, 6.07) is 18.8. The number of amides is 2.